The third-order valence-electron chi connectivity index (χ3n) is 3.50. The molecule has 0 spiro atoms. The van der Waals surface area contributed by atoms with E-state index in [4.69, 9.17) is 0 Å². The van der Waals surface area contributed by atoms with Gasteiger partial charge in [-0.3, -0.25) is 0 Å². The molecule has 0 heterocycles. The molecule has 0 saturated heterocycles. The topological polar surface area (TPSA) is 32.3 Å². The van der Waals surface area contributed by atoms with Crippen molar-refractivity contribution in [2.24, 2.45) is 0 Å². The summed E-state index contributed by atoms with van der Waals surface area (Å²) in [7, 11) is 0. The third kappa shape index (κ3) is 3.34. The average molecular weight is 334 g/mol. The molecule has 2 aromatic carbocycles. The van der Waals surface area contributed by atoms with Crippen LogP contribution < -0.4 is 5.32 Å². The summed E-state index contributed by atoms with van der Waals surface area (Å²) in [5.74, 6) is 0.349. The van der Waals surface area contributed by atoms with Gasteiger partial charge in [0, 0.05) is 15.7 Å². The van der Waals surface area contributed by atoms with E-state index in [9.17, 15) is 5.11 Å². The van der Waals surface area contributed by atoms with Crippen LogP contribution in [0.5, 0.6) is 5.75 Å². The molecule has 0 fully saturated rings. The van der Waals surface area contributed by atoms with Crippen LogP contribution in [0.1, 0.15) is 37.4 Å². The molecule has 0 amide bonds. The number of anilines is 1. The molecule has 0 aliphatic carbocycles. The van der Waals surface area contributed by atoms with Gasteiger partial charge in [-0.2, -0.15) is 0 Å². The molecular formula is C17H20BrNO. The zero-order valence-electron chi connectivity index (χ0n) is 11.9. The molecule has 20 heavy (non-hydrogen) atoms. The normalized spacial score (nSPS) is 12.2. The van der Waals surface area contributed by atoms with E-state index in [1.54, 1.807) is 6.07 Å². The molecule has 2 nitrogen and oxygen atoms in total. The summed E-state index contributed by atoms with van der Waals surface area (Å²) in [6, 6.07) is 13.9. The first-order valence-corrected chi connectivity index (χ1v) is 7.77. The SMILES string of the molecule is CCc1cc(Br)ccc1NC(CC)c1ccccc1O. The standard InChI is InChI=1S/C17H20BrNO/c1-3-12-11-13(18)9-10-16(12)19-15(4-2)14-7-5-6-8-17(14)20/h5-11,15,19-20H,3-4H2,1-2H3. The van der Waals surface area contributed by atoms with Crippen LogP contribution in [0.25, 0.3) is 0 Å². The van der Waals surface area contributed by atoms with Gasteiger partial charge in [-0.15, -0.1) is 0 Å². The minimum Gasteiger partial charge on any atom is -0.508 e. The molecule has 0 radical (unpaired) electrons. The lowest BCUT2D eigenvalue weighted by Gasteiger charge is -2.21. The van der Waals surface area contributed by atoms with Gasteiger partial charge in [0.2, 0.25) is 0 Å². The predicted molar refractivity (Wildman–Crippen MR) is 88.3 cm³/mol. The fraction of sp³-hybridized carbons (Fsp3) is 0.294. The number of aryl methyl sites for hydroxylation is 1. The van der Waals surface area contributed by atoms with Gasteiger partial charge < -0.3 is 10.4 Å². The van der Waals surface area contributed by atoms with E-state index in [1.165, 1.54) is 5.56 Å². The van der Waals surface area contributed by atoms with Gasteiger partial charge >= 0.3 is 0 Å². The largest absolute Gasteiger partial charge is 0.508 e. The van der Waals surface area contributed by atoms with Crippen molar-refractivity contribution < 1.29 is 5.11 Å². The van der Waals surface area contributed by atoms with Crippen molar-refractivity contribution in [2.75, 3.05) is 5.32 Å². The lowest BCUT2D eigenvalue weighted by Crippen LogP contribution is -2.11. The predicted octanol–water partition coefficient (Wildman–Crippen LogP) is 5.28. The Balaban J connectivity index is 2.29. The van der Waals surface area contributed by atoms with Gasteiger partial charge in [0.25, 0.3) is 0 Å². The van der Waals surface area contributed by atoms with Crippen molar-refractivity contribution in [1.29, 1.82) is 0 Å². The van der Waals surface area contributed by atoms with E-state index in [2.05, 4.69) is 47.2 Å². The maximum absolute atomic E-state index is 10.0. The lowest BCUT2D eigenvalue weighted by molar-refractivity contribution is 0.462. The number of aromatic hydroxyl groups is 1. The van der Waals surface area contributed by atoms with Crippen LogP contribution in [-0.4, -0.2) is 5.11 Å². The number of para-hydroxylation sites is 1. The summed E-state index contributed by atoms with van der Waals surface area (Å²) in [5.41, 5.74) is 3.35. The molecule has 0 aliphatic heterocycles. The number of phenols is 1. The van der Waals surface area contributed by atoms with Crippen molar-refractivity contribution in [2.45, 2.75) is 32.7 Å². The van der Waals surface area contributed by atoms with E-state index < -0.39 is 0 Å². The number of phenolic OH excluding ortho intramolecular Hbond substituents is 1. The smallest absolute Gasteiger partial charge is 0.120 e. The quantitative estimate of drug-likeness (QED) is 0.780. The Kier molecular flexibility index (Phi) is 5.07. The molecule has 2 rings (SSSR count). The Bertz CT molecular complexity index is 583. The monoisotopic (exact) mass is 333 g/mol. The number of nitrogens with one attached hydrogen (secondary N) is 1. The summed E-state index contributed by atoms with van der Waals surface area (Å²) >= 11 is 3.51. The van der Waals surface area contributed by atoms with Crippen LogP contribution in [0.3, 0.4) is 0 Å². The lowest BCUT2D eigenvalue weighted by atomic mass is 10.0. The van der Waals surface area contributed by atoms with Crippen LogP contribution >= 0.6 is 15.9 Å². The molecule has 106 valence electrons. The second-order valence-electron chi connectivity index (χ2n) is 4.82. The van der Waals surface area contributed by atoms with Crippen molar-refractivity contribution in [3.63, 3.8) is 0 Å². The van der Waals surface area contributed by atoms with Crippen LogP contribution in [0.2, 0.25) is 0 Å². The number of rotatable bonds is 5. The van der Waals surface area contributed by atoms with E-state index >= 15 is 0 Å². The molecule has 0 aromatic heterocycles. The fourth-order valence-electron chi connectivity index (χ4n) is 2.37. The molecular weight excluding hydrogens is 314 g/mol. The molecule has 1 unspecified atom stereocenters. The average Bonchev–Trinajstić information content (AvgIpc) is 2.47. The van der Waals surface area contributed by atoms with Crippen molar-refractivity contribution in [3.8, 4) is 5.75 Å². The Labute approximate surface area is 129 Å². The summed E-state index contributed by atoms with van der Waals surface area (Å²) < 4.78 is 1.09. The minimum atomic E-state index is 0.114. The van der Waals surface area contributed by atoms with Crippen LogP contribution in [-0.2, 0) is 6.42 Å². The molecule has 0 bridgehead atoms. The highest BCUT2D eigenvalue weighted by Gasteiger charge is 2.14. The molecule has 0 aliphatic rings. The minimum absolute atomic E-state index is 0.114. The van der Waals surface area contributed by atoms with Gasteiger partial charge in [0.1, 0.15) is 5.75 Å². The first-order chi connectivity index (χ1) is 9.65. The number of hydrogen-bond donors (Lipinski definition) is 2. The van der Waals surface area contributed by atoms with Gasteiger partial charge in [-0.1, -0.05) is 48.0 Å². The zero-order chi connectivity index (χ0) is 14.5. The van der Waals surface area contributed by atoms with E-state index in [1.807, 2.05) is 24.3 Å². The highest BCUT2D eigenvalue weighted by atomic mass is 79.9. The summed E-state index contributed by atoms with van der Waals surface area (Å²) in [6.45, 7) is 4.27. The highest BCUT2D eigenvalue weighted by molar-refractivity contribution is 9.10. The van der Waals surface area contributed by atoms with Gasteiger partial charge in [0.05, 0.1) is 6.04 Å². The fourth-order valence-corrected chi connectivity index (χ4v) is 2.77. The van der Waals surface area contributed by atoms with E-state index in [0.29, 0.717) is 5.75 Å². The van der Waals surface area contributed by atoms with Crippen LogP contribution in [0.4, 0.5) is 5.69 Å². The number of hydrogen-bond acceptors (Lipinski definition) is 2. The highest BCUT2D eigenvalue weighted by Crippen LogP contribution is 2.31. The van der Waals surface area contributed by atoms with E-state index in [-0.39, 0.29) is 6.04 Å². The Morgan fingerprint density at radius 2 is 1.90 bits per heavy atom. The molecule has 1 atom stereocenters. The van der Waals surface area contributed by atoms with Crippen molar-refractivity contribution >= 4 is 21.6 Å². The van der Waals surface area contributed by atoms with Crippen LogP contribution in [0, 0.1) is 0 Å². The first kappa shape index (κ1) is 14.9. The summed E-state index contributed by atoms with van der Waals surface area (Å²) in [6.07, 6.45) is 1.88. The maximum Gasteiger partial charge on any atom is 0.120 e. The molecule has 3 heteroatoms. The maximum atomic E-state index is 10.0. The summed E-state index contributed by atoms with van der Waals surface area (Å²) in [5, 5.41) is 13.6. The molecule has 2 N–H and O–H groups in total. The Morgan fingerprint density at radius 3 is 2.55 bits per heavy atom. The first-order valence-electron chi connectivity index (χ1n) is 6.98. The Hall–Kier alpha value is -1.48. The van der Waals surface area contributed by atoms with Crippen molar-refractivity contribution in [3.05, 3.63) is 58.1 Å². The third-order valence-corrected chi connectivity index (χ3v) is 3.99. The second-order valence-corrected chi connectivity index (χ2v) is 5.73. The van der Waals surface area contributed by atoms with Crippen molar-refractivity contribution in [1.82, 2.24) is 0 Å². The number of halogens is 1. The number of benzene rings is 2. The second kappa shape index (κ2) is 6.80. The molecule has 2 aromatic rings. The van der Waals surface area contributed by atoms with Crippen LogP contribution in [0.15, 0.2) is 46.9 Å². The van der Waals surface area contributed by atoms with Gasteiger partial charge in [-0.05, 0) is 42.7 Å². The zero-order valence-corrected chi connectivity index (χ0v) is 13.4. The van der Waals surface area contributed by atoms with Gasteiger partial charge in [0.15, 0.2) is 0 Å². The summed E-state index contributed by atoms with van der Waals surface area (Å²) in [4.78, 5) is 0. The van der Waals surface area contributed by atoms with E-state index in [0.717, 1.165) is 28.6 Å². The van der Waals surface area contributed by atoms with Gasteiger partial charge in [-0.25, -0.2) is 0 Å². The Morgan fingerprint density at radius 1 is 1.15 bits per heavy atom. The molecule has 0 saturated carbocycles.